The number of carboxylic acid groups (broad SMARTS) is 1. The standard InChI is InChI=1S/C18H18N2O6/c1-2-26-15-8-6-12(7-9-15)18(23)19-16(11-17(21)22)13-4-3-5-14(10-13)20(24)25/h3-10,16H,2,11H2,1H3,(H,19,23)(H,21,22). The number of ether oxygens (including phenoxy) is 1. The molecule has 136 valence electrons. The fourth-order valence-corrected chi connectivity index (χ4v) is 2.39. The first kappa shape index (κ1) is 18.9. The zero-order chi connectivity index (χ0) is 19.1. The van der Waals surface area contributed by atoms with Crippen molar-refractivity contribution in [3.8, 4) is 5.75 Å². The van der Waals surface area contributed by atoms with Crippen LogP contribution in [0.15, 0.2) is 48.5 Å². The lowest BCUT2D eigenvalue weighted by Gasteiger charge is -2.17. The number of nitro benzene ring substituents is 1. The molecule has 0 radical (unpaired) electrons. The van der Waals surface area contributed by atoms with Gasteiger partial charge in [-0.3, -0.25) is 19.7 Å². The third kappa shape index (κ3) is 5.04. The van der Waals surface area contributed by atoms with E-state index in [9.17, 15) is 19.7 Å². The summed E-state index contributed by atoms with van der Waals surface area (Å²) in [7, 11) is 0. The highest BCUT2D eigenvalue weighted by molar-refractivity contribution is 5.94. The van der Waals surface area contributed by atoms with Gasteiger partial charge in [0.15, 0.2) is 0 Å². The Hall–Kier alpha value is -3.42. The van der Waals surface area contributed by atoms with Crippen LogP contribution in [0.25, 0.3) is 0 Å². The number of benzene rings is 2. The van der Waals surface area contributed by atoms with Crippen LogP contribution in [-0.2, 0) is 4.79 Å². The van der Waals surface area contributed by atoms with Crippen molar-refractivity contribution in [2.24, 2.45) is 0 Å². The minimum atomic E-state index is -1.13. The molecule has 26 heavy (non-hydrogen) atoms. The molecule has 0 aliphatic carbocycles. The second kappa shape index (κ2) is 8.61. The van der Waals surface area contributed by atoms with Crippen LogP contribution in [0, 0.1) is 10.1 Å². The van der Waals surface area contributed by atoms with Crippen molar-refractivity contribution in [3.05, 3.63) is 69.8 Å². The van der Waals surface area contributed by atoms with Crippen molar-refractivity contribution in [3.63, 3.8) is 0 Å². The van der Waals surface area contributed by atoms with Crippen LogP contribution in [-0.4, -0.2) is 28.5 Å². The Morgan fingerprint density at radius 3 is 2.50 bits per heavy atom. The zero-order valence-corrected chi connectivity index (χ0v) is 14.0. The molecule has 2 aromatic carbocycles. The number of aliphatic carboxylic acids is 1. The quantitative estimate of drug-likeness (QED) is 0.553. The van der Waals surface area contributed by atoms with Crippen LogP contribution < -0.4 is 10.1 Å². The van der Waals surface area contributed by atoms with Gasteiger partial charge in [-0.05, 0) is 36.8 Å². The lowest BCUT2D eigenvalue weighted by Crippen LogP contribution is -2.30. The number of nitrogens with one attached hydrogen (secondary N) is 1. The molecular weight excluding hydrogens is 340 g/mol. The fraction of sp³-hybridized carbons (Fsp3) is 0.222. The second-order valence-electron chi connectivity index (χ2n) is 5.43. The van der Waals surface area contributed by atoms with Crippen molar-refractivity contribution >= 4 is 17.6 Å². The first-order valence-corrected chi connectivity index (χ1v) is 7.90. The van der Waals surface area contributed by atoms with Gasteiger partial charge in [0.2, 0.25) is 0 Å². The number of rotatable bonds is 8. The van der Waals surface area contributed by atoms with Gasteiger partial charge in [0.1, 0.15) is 5.75 Å². The van der Waals surface area contributed by atoms with E-state index in [0.717, 1.165) is 0 Å². The van der Waals surface area contributed by atoms with E-state index in [-0.39, 0.29) is 5.69 Å². The molecule has 0 heterocycles. The van der Waals surface area contributed by atoms with Crippen LogP contribution >= 0.6 is 0 Å². The number of nitro groups is 1. The largest absolute Gasteiger partial charge is 0.494 e. The third-order valence-electron chi connectivity index (χ3n) is 3.59. The lowest BCUT2D eigenvalue weighted by atomic mass is 10.0. The highest BCUT2D eigenvalue weighted by Gasteiger charge is 2.21. The first-order chi connectivity index (χ1) is 12.4. The topological polar surface area (TPSA) is 119 Å². The van der Waals surface area contributed by atoms with E-state index in [1.165, 1.54) is 18.2 Å². The number of hydrogen-bond donors (Lipinski definition) is 2. The molecule has 0 aliphatic rings. The van der Waals surface area contributed by atoms with Gasteiger partial charge in [-0.1, -0.05) is 12.1 Å². The van der Waals surface area contributed by atoms with E-state index in [1.807, 2.05) is 6.92 Å². The van der Waals surface area contributed by atoms with Gasteiger partial charge in [0.05, 0.1) is 24.0 Å². The van der Waals surface area contributed by atoms with Crippen molar-refractivity contribution < 1.29 is 24.4 Å². The average molecular weight is 358 g/mol. The van der Waals surface area contributed by atoms with Gasteiger partial charge < -0.3 is 15.2 Å². The molecule has 0 aromatic heterocycles. The summed E-state index contributed by atoms with van der Waals surface area (Å²) in [5, 5.41) is 22.6. The number of nitrogens with zero attached hydrogens (tertiary/aromatic N) is 1. The average Bonchev–Trinajstić information content (AvgIpc) is 2.61. The zero-order valence-electron chi connectivity index (χ0n) is 14.0. The van der Waals surface area contributed by atoms with E-state index >= 15 is 0 Å². The monoisotopic (exact) mass is 358 g/mol. The van der Waals surface area contributed by atoms with Crippen LogP contribution in [0.4, 0.5) is 5.69 Å². The van der Waals surface area contributed by atoms with Gasteiger partial charge in [-0.15, -0.1) is 0 Å². The second-order valence-corrected chi connectivity index (χ2v) is 5.43. The molecule has 2 rings (SSSR count). The van der Waals surface area contributed by atoms with Crippen LogP contribution in [0.2, 0.25) is 0 Å². The van der Waals surface area contributed by atoms with E-state index in [1.54, 1.807) is 30.3 Å². The smallest absolute Gasteiger partial charge is 0.305 e. The molecule has 8 heteroatoms. The van der Waals surface area contributed by atoms with Crippen molar-refractivity contribution in [2.45, 2.75) is 19.4 Å². The number of non-ortho nitro benzene ring substituents is 1. The fourth-order valence-electron chi connectivity index (χ4n) is 2.39. The van der Waals surface area contributed by atoms with Crippen molar-refractivity contribution in [1.29, 1.82) is 0 Å². The van der Waals surface area contributed by atoms with E-state index in [4.69, 9.17) is 9.84 Å². The number of carboxylic acids is 1. The number of amides is 1. The predicted molar refractivity (Wildman–Crippen MR) is 93.2 cm³/mol. The van der Waals surface area contributed by atoms with E-state index < -0.39 is 29.3 Å². The number of hydrogen-bond acceptors (Lipinski definition) is 5. The summed E-state index contributed by atoms with van der Waals surface area (Å²) < 4.78 is 5.31. The summed E-state index contributed by atoms with van der Waals surface area (Å²) in [5.74, 6) is -0.996. The summed E-state index contributed by atoms with van der Waals surface area (Å²) in [5.41, 5.74) is 0.503. The Kier molecular flexibility index (Phi) is 6.26. The maximum absolute atomic E-state index is 12.4. The summed E-state index contributed by atoms with van der Waals surface area (Å²) in [6, 6.07) is 11.0. The van der Waals surface area contributed by atoms with E-state index in [2.05, 4.69) is 5.32 Å². The highest BCUT2D eigenvalue weighted by atomic mass is 16.6. The van der Waals surface area contributed by atoms with Crippen molar-refractivity contribution in [1.82, 2.24) is 5.32 Å². The SMILES string of the molecule is CCOc1ccc(C(=O)NC(CC(=O)O)c2cccc([N+](=O)[O-])c2)cc1. The Morgan fingerprint density at radius 2 is 1.92 bits per heavy atom. The van der Waals surface area contributed by atoms with Gasteiger partial charge >= 0.3 is 5.97 Å². The summed E-state index contributed by atoms with van der Waals surface area (Å²) in [6.07, 6.45) is -0.399. The van der Waals surface area contributed by atoms with Gasteiger partial charge in [0, 0.05) is 17.7 Å². The molecule has 2 aromatic rings. The van der Waals surface area contributed by atoms with Gasteiger partial charge in [-0.2, -0.15) is 0 Å². The highest BCUT2D eigenvalue weighted by Crippen LogP contribution is 2.22. The van der Waals surface area contributed by atoms with Crippen LogP contribution in [0.1, 0.15) is 35.3 Å². The Balaban J connectivity index is 2.21. The maximum atomic E-state index is 12.4. The Labute approximate surface area is 149 Å². The molecule has 0 saturated carbocycles. The summed E-state index contributed by atoms with van der Waals surface area (Å²) in [6.45, 7) is 2.34. The molecule has 0 aliphatic heterocycles. The number of carbonyl (C=O) groups is 2. The molecule has 1 amide bonds. The third-order valence-corrected chi connectivity index (χ3v) is 3.59. The van der Waals surface area contributed by atoms with Crippen LogP contribution in [0.3, 0.4) is 0 Å². The summed E-state index contributed by atoms with van der Waals surface area (Å²) >= 11 is 0. The molecule has 2 N–H and O–H groups in total. The van der Waals surface area contributed by atoms with Crippen LogP contribution in [0.5, 0.6) is 5.75 Å². The maximum Gasteiger partial charge on any atom is 0.305 e. The number of carbonyl (C=O) groups excluding carboxylic acids is 1. The predicted octanol–water partition coefficient (Wildman–Crippen LogP) is 2.94. The summed E-state index contributed by atoms with van der Waals surface area (Å²) in [4.78, 5) is 33.9. The molecule has 8 nitrogen and oxygen atoms in total. The minimum Gasteiger partial charge on any atom is -0.494 e. The van der Waals surface area contributed by atoms with Gasteiger partial charge in [0.25, 0.3) is 11.6 Å². The van der Waals surface area contributed by atoms with Crippen molar-refractivity contribution in [2.75, 3.05) is 6.61 Å². The first-order valence-electron chi connectivity index (χ1n) is 7.90. The molecule has 0 spiro atoms. The van der Waals surface area contributed by atoms with Gasteiger partial charge in [-0.25, -0.2) is 0 Å². The molecule has 1 unspecified atom stereocenters. The Bertz CT molecular complexity index is 804. The molecule has 0 fully saturated rings. The Morgan fingerprint density at radius 1 is 1.23 bits per heavy atom. The lowest BCUT2D eigenvalue weighted by molar-refractivity contribution is -0.384. The molecule has 0 bridgehead atoms. The van der Waals surface area contributed by atoms with E-state index in [0.29, 0.717) is 23.5 Å². The molecule has 0 saturated heterocycles. The normalized spacial score (nSPS) is 11.4. The minimum absolute atomic E-state index is 0.173. The molecular formula is C18H18N2O6. The molecule has 1 atom stereocenters.